The minimum Gasteiger partial charge on any atom is -0.508 e. The summed E-state index contributed by atoms with van der Waals surface area (Å²) in [6.07, 6.45) is 9.27. The lowest BCUT2D eigenvalue weighted by atomic mass is 9.43. The minimum absolute atomic E-state index is 0.0933. The van der Waals surface area contributed by atoms with E-state index in [0.717, 1.165) is 30.9 Å². The van der Waals surface area contributed by atoms with Crippen LogP contribution in [0.5, 0.6) is 5.75 Å². The summed E-state index contributed by atoms with van der Waals surface area (Å²) in [7, 11) is 0. The average molecular weight is 561 g/mol. The molecular weight excluding hydrogens is 520 g/mol. The molecule has 0 aliphatic heterocycles. The van der Waals surface area contributed by atoms with E-state index in [1.165, 1.54) is 11.6 Å². The highest BCUT2D eigenvalue weighted by molar-refractivity contribution is 6.24. The summed E-state index contributed by atoms with van der Waals surface area (Å²) < 4.78 is 0. The predicted octanol–water partition coefficient (Wildman–Crippen LogP) is 5.64. The van der Waals surface area contributed by atoms with Crippen LogP contribution in [0, 0.1) is 28.6 Å². The predicted molar refractivity (Wildman–Crippen MR) is 155 cm³/mol. The lowest BCUT2D eigenvalue weighted by Crippen LogP contribution is -2.69. The molecule has 2 unspecified atom stereocenters. The Balaban J connectivity index is 1.65. The van der Waals surface area contributed by atoms with E-state index >= 15 is 0 Å². The number of fused-ring (bicyclic) bond motifs is 3. The van der Waals surface area contributed by atoms with Crippen molar-refractivity contribution in [1.29, 1.82) is 0 Å². The number of aromatic hydroxyl groups is 1. The van der Waals surface area contributed by atoms with Crippen molar-refractivity contribution in [2.24, 2.45) is 28.6 Å². The maximum absolute atomic E-state index is 14.4. The van der Waals surface area contributed by atoms with Gasteiger partial charge in [0, 0.05) is 22.3 Å². The number of rotatable bonds is 6. The van der Waals surface area contributed by atoms with E-state index < -0.39 is 56.8 Å². The largest absolute Gasteiger partial charge is 0.508 e. The first-order valence-corrected chi connectivity index (χ1v) is 14.5. The summed E-state index contributed by atoms with van der Waals surface area (Å²) in [5.74, 6) is -4.68. The van der Waals surface area contributed by atoms with Gasteiger partial charge in [0.25, 0.3) is 0 Å². The number of aliphatic hydroxyl groups excluding tert-OH is 2. The Bertz CT molecular complexity index is 1500. The van der Waals surface area contributed by atoms with Gasteiger partial charge < -0.3 is 20.4 Å². The van der Waals surface area contributed by atoms with E-state index in [4.69, 9.17) is 0 Å². The van der Waals surface area contributed by atoms with Gasteiger partial charge in [-0.05, 0) is 68.1 Å². The van der Waals surface area contributed by atoms with Crippen molar-refractivity contribution in [2.45, 2.75) is 79.2 Å². The average Bonchev–Trinajstić information content (AvgIpc) is 3.26. The molecule has 0 aromatic heterocycles. The standard InChI is InChI=1S/C34H40O7/c1-17(2)26-28(37)24(19(4)35)30(39)34(41)31(40)27-29(38)25-22(15-32(27,5)16-33(26,34)6)21(13-14-23(25)36)12-8-11-20-10-7-9-18(20)3/h7,9-10,13-14,17-18,26,36,38-39,41H,8,11-12,15-16H2,1-6H3/t18?,26?,32-,33-,34+/m1/s1. The van der Waals surface area contributed by atoms with Crippen LogP contribution in [0.25, 0.3) is 5.76 Å². The highest BCUT2D eigenvalue weighted by Crippen LogP contribution is 2.65. The van der Waals surface area contributed by atoms with E-state index in [1.807, 2.05) is 13.0 Å². The van der Waals surface area contributed by atoms with E-state index in [9.17, 15) is 34.8 Å². The molecule has 0 bridgehead atoms. The van der Waals surface area contributed by atoms with Gasteiger partial charge in [0.05, 0.1) is 5.56 Å². The van der Waals surface area contributed by atoms with E-state index in [1.54, 1.807) is 20.8 Å². The van der Waals surface area contributed by atoms with Crippen LogP contribution in [0.2, 0.25) is 0 Å². The Kier molecular flexibility index (Phi) is 6.77. The number of phenols is 1. The molecule has 1 saturated carbocycles. The second kappa shape index (κ2) is 9.55. The van der Waals surface area contributed by atoms with Gasteiger partial charge in [-0.1, -0.05) is 64.5 Å². The summed E-state index contributed by atoms with van der Waals surface area (Å²) in [6, 6.07) is 3.37. The summed E-state index contributed by atoms with van der Waals surface area (Å²) in [5.41, 5.74) is -2.49. The second-order valence-electron chi connectivity index (χ2n) is 13.3. The zero-order chi connectivity index (χ0) is 30.2. The van der Waals surface area contributed by atoms with Gasteiger partial charge in [-0.15, -0.1) is 0 Å². The van der Waals surface area contributed by atoms with Crippen molar-refractivity contribution < 1.29 is 34.8 Å². The first-order chi connectivity index (χ1) is 19.1. The van der Waals surface area contributed by atoms with Crippen LogP contribution in [-0.2, 0) is 27.2 Å². The lowest BCUT2D eigenvalue weighted by molar-refractivity contribution is -0.178. The molecule has 4 aliphatic carbocycles. The van der Waals surface area contributed by atoms with Gasteiger partial charge >= 0.3 is 0 Å². The van der Waals surface area contributed by atoms with Crippen LogP contribution in [0.4, 0.5) is 0 Å². The highest BCUT2D eigenvalue weighted by atomic mass is 16.3. The SMILES string of the molecule is CC(=O)C1=C(O)[C@]2(O)C(=O)C3=C(O)c4c(O)ccc(CCCC5=CC=CC5C)c4C[C@]3(C)C[C@]2(C)C(C(C)C)C1=O. The van der Waals surface area contributed by atoms with Crippen molar-refractivity contribution in [2.75, 3.05) is 0 Å². The van der Waals surface area contributed by atoms with E-state index in [2.05, 4.69) is 25.2 Å². The van der Waals surface area contributed by atoms with E-state index in [0.29, 0.717) is 18.8 Å². The number of benzene rings is 1. The van der Waals surface area contributed by atoms with Crippen LogP contribution in [-0.4, -0.2) is 43.4 Å². The van der Waals surface area contributed by atoms with Crippen molar-refractivity contribution in [3.8, 4) is 5.75 Å². The molecule has 4 N–H and O–H groups in total. The zero-order valence-corrected chi connectivity index (χ0v) is 24.7. The smallest absolute Gasteiger partial charge is 0.203 e. The third kappa shape index (κ3) is 3.92. The minimum atomic E-state index is -2.59. The number of carbonyl (C=O) groups is 3. The second-order valence-corrected chi connectivity index (χ2v) is 13.3. The van der Waals surface area contributed by atoms with Gasteiger partial charge in [0.2, 0.25) is 5.78 Å². The van der Waals surface area contributed by atoms with E-state index in [-0.39, 0.29) is 29.2 Å². The number of aliphatic hydroxyl groups is 3. The Hall–Kier alpha value is -3.45. The highest BCUT2D eigenvalue weighted by Gasteiger charge is 2.72. The molecule has 0 heterocycles. The maximum Gasteiger partial charge on any atom is 0.203 e. The molecule has 4 aliphatic rings. The molecule has 0 saturated heterocycles. The third-order valence-corrected chi connectivity index (χ3v) is 10.2. The van der Waals surface area contributed by atoms with Gasteiger partial charge in [0.15, 0.2) is 17.2 Å². The van der Waals surface area contributed by atoms with Crippen molar-refractivity contribution >= 4 is 23.1 Å². The molecule has 1 fully saturated rings. The molecule has 0 radical (unpaired) electrons. The van der Waals surface area contributed by atoms with Gasteiger partial charge in [-0.2, -0.15) is 0 Å². The van der Waals surface area contributed by atoms with Crippen LogP contribution in [0.1, 0.15) is 77.5 Å². The Morgan fingerprint density at radius 2 is 1.78 bits per heavy atom. The number of Topliss-reactive ketones (excluding diaryl/α,β-unsaturated/α-hetero) is 3. The topological polar surface area (TPSA) is 132 Å². The number of hydrogen-bond acceptors (Lipinski definition) is 7. The third-order valence-electron chi connectivity index (χ3n) is 10.2. The summed E-state index contributed by atoms with van der Waals surface area (Å²) >= 11 is 0. The molecular formula is C34H40O7. The van der Waals surface area contributed by atoms with Gasteiger partial charge in [-0.25, -0.2) is 0 Å². The molecule has 7 nitrogen and oxygen atoms in total. The van der Waals surface area contributed by atoms with Crippen molar-refractivity contribution in [3.05, 3.63) is 69.5 Å². The summed E-state index contributed by atoms with van der Waals surface area (Å²) in [4.78, 5) is 40.5. The Morgan fingerprint density at radius 3 is 2.37 bits per heavy atom. The molecule has 1 aromatic rings. The first-order valence-electron chi connectivity index (χ1n) is 14.5. The van der Waals surface area contributed by atoms with Crippen LogP contribution >= 0.6 is 0 Å². The fourth-order valence-corrected chi connectivity index (χ4v) is 8.43. The Morgan fingerprint density at radius 1 is 1.10 bits per heavy atom. The summed E-state index contributed by atoms with van der Waals surface area (Å²) in [5, 5.41) is 45.9. The van der Waals surface area contributed by atoms with Crippen LogP contribution < -0.4 is 0 Å². The quantitative estimate of drug-likeness (QED) is 0.331. The fourth-order valence-electron chi connectivity index (χ4n) is 8.43. The molecule has 5 rings (SSSR count). The number of ketones is 3. The molecule has 0 amide bonds. The Labute approximate surface area is 241 Å². The first kappa shape index (κ1) is 29.1. The molecule has 1 aromatic carbocycles. The van der Waals surface area contributed by atoms with Crippen molar-refractivity contribution in [3.63, 3.8) is 0 Å². The lowest BCUT2D eigenvalue weighted by Gasteiger charge is -2.59. The number of hydrogen-bond donors (Lipinski definition) is 4. The monoisotopic (exact) mass is 560 g/mol. The van der Waals surface area contributed by atoms with Gasteiger partial charge in [-0.3, -0.25) is 14.4 Å². The number of carbonyl (C=O) groups excluding carboxylic acids is 3. The number of allylic oxidation sites excluding steroid dienone is 5. The molecule has 5 atom stereocenters. The molecule has 41 heavy (non-hydrogen) atoms. The maximum atomic E-state index is 14.4. The van der Waals surface area contributed by atoms with Crippen LogP contribution in [0.3, 0.4) is 0 Å². The number of phenolic OH excluding ortho intramolecular Hbond substituents is 1. The zero-order valence-electron chi connectivity index (χ0n) is 24.7. The van der Waals surface area contributed by atoms with Crippen molar-refractivity contribution in [1.82, 2.24) is 0 Å². The normalized spacial score (nSPS) is 32.7. The fraction of sp³-hybridized carbons (Fsp3) is 0.500. The molecule has 7 heteroatoms. The van der Waals surface area contributed by atoms with Gasteiger partial charge in [0.1, 0.15) is 22.8 Å². The molecule has 0 spiro atoms. The summed E-state index contributed by atoms with van der Waals surface area (Å²) in [6.45, 7) is 10.3. The number of aryl methyl sites for hydroxylation is 1. The molecule has 218 valence electrons. The van der Waals surface area contributed by atoms with Crippen LogP contribution in [0.15, 0.2) is 52.8 Å².